The SMILES string of the molecule is CC(C)(C)c1cc2c(cc1C(C)(C)C)C13c4c5c6c7c8c9c%10c%11c%12c%13c%14c%15c(c%16c%13c%10c7c4-%16)C1(S2)C1C%15C2c4c7c%10c%13c%15c%16c%17c%18c%19c%20c%21c%22c%23c(c4c4c%22c%19c%16c%104)C2C%14C%12C%23C%21C%11C9C%20C%18C8C6C%17C%15C5C3C%13C71. The highest BCUT2D eigenvalue weighted by molar-refractivity contribution is 8.00. The summed E-state index contributed by atoms with van der Waals surface area (Å²) < 4.78 is 0.0224. The normalized spacial score (nSPS) is 46.1. The Hall–Kier alpha value is -5.37. The van der Waals surface area contributed by atoms with Gasteiger partial charge in [0.1, 0.15) is 0 Å². The molecule has 75 heavy (non-hydrogen) atoms. The van der Waals surface area contributed by atoms with E-state index in [2.05, 4.69) is 76.6 Å². The summed E-state index contributed by atoms with van der Waals surface area (Å²) in [5, 5.41) is 30.7. The molecule has 0 bridgehead atoms. The van der Waals surface area contributed by atoms with E-state index in [-0.39, 0.29) is 21.0 Å². The second-order valence-corrected chi connectivity index (χ2v) is 34.8. The molecule has 22 unspecified atom stereocenters. The minimum Gasteiger partial charge on any atom is -0.112 e. The van der Waals surface area contributed by atoms with Gasteiger partial charge in [-0.25, -0.2) is 0 Å². The highest BCUT2D eigenvalue weighted by Crippen LogP contribution is 3.01. The van der Waals surface area contributed by atoms with Gasteiger partial charge in [0.2, 0.25) is 0 Å². The molecule has 0 saturated heterocycles. The third kappa shape index (κ3) is 1.84. The molecule has 0 amide bonds. The van der Waals surface area contributed by atoms with Gasteiger partial charge in [0, 0.05) is 10.3 Å². The van der Waals surface area contributed by atoms with Crippen LogP contribution in [-0.2, 0) is 21.0 Å². The van der Waals surface area contributed by atoms with Crippen molar-refractivity contribution < 1.29 is 0 Å². The maximum absolute atomic E-state index is 3.05. The predicted octanol–water partition coefficient (Wildman–Crippen LogP) is 17.1. The zero-order chi connectivity index (χ0) is 45.9. The van der Waals surface area contributed by atoms with E-state index < -0.39 is 0 Å². The average Bonchev–Trinajstić information content (AvgIpc) is 2.80. The summed E-state index contributed by atoms with van der Waals surface area (Å²) in [5.41, 5.74) is 49.9. The Bertz CT molecular complexity index is 5700. The third-order valence-electron chi connectivity index (χ3n) is 32.0. The molecule has 1 heterocycles. The Morgan fingerprint density at radius 1 is 0.293 bits per heavy atom. The Balaban J connectivity index is 0.979. The fourth-order valence-electron chi connectivity index (χ4n) is 33.1. The van der Waals surface area contributed by atoms with Gasteiger partial charge in [-0.15, -0.1) is 11.8 Å². The molecule has 0 radical (unpaired) electrons. The Kier molecular flexibility index (Phi) is 3.08. The van der Waals surface area contributed by atoms with Crippen molar-refractivity contribution in [3.8, 4) is 11.1 Å². The lowest BCUT2D eigenvalue weighted by Gasteiger charge is -2.65. The smallest absolute Gasteiger partial charge is 0.0645 e. The molecule has 1 heteroatoms. The van der Waals surface area contributed by atoms with Crippen LogP contribution in [0.25, 0.3) is 97.3 Å². The van der Waals surface area contributed by atoms with Crippen molar-refractivity contribution >= 4 is 97.9 Å². The van der Waals surface area contributed by atoms with E-state index in [1.54, 1.807) is 16.0 Å². The maximum atomic E-state index is 3.05. The Morgan fingerprint density at radius 2 is 0.573 bits per heavy atom. The molecule has 0 nitrogen and oxygen atoms in total. The minimum absolute atomic E-state index is 0.0169. The first-order valence-corrected chi connectivity index (χ1v) is 31.6. The van der Waals surface area contributed by atoms with Gasteiger partial charge in [-0.2, -0.15) is 0 Å². The lowest BCUT2D eigenvalue weighted by atomic mass is 9.39. The van der Waals surface area contributed by atoms with Crippen molar-refractivity contribution in [2.75, 3.05) is 0 Å². The van der Waals surface area contributed by atoms with E-state index in [1.807, 2.05) is 203 Å². The third-order valence-corrected chi connectivity index (χ3v) is 33.6. The van der Waals surface area contributed by atoms with E-state index in [0.717, 1.165) is 0 Å². The number of benzene rings is 10. The van der Waals surface area contributed by atoms with Crippen LogP contribution in [0, 0.1) is 11.8 Å². The number of hydrogen-bond donors (Lipinski definition) is 0. The predicted molar refractivity (Wildman–Crippen MR) is 294 cm³/mol. The van der Waals surface area contributed by atoms with Crippen molar-refractivity contribution in [1.29, 1.82) is 0 Å². The molecule has 342 valence electrons. The molecular formula is C74H40S. The van der Waals surface area contributed by atoms with Crippen molar-refractivity contribution in [2.24, 2.45) is 11.8 Å². The Labute approximate surface area is 432 Å². The summed E-state index contributed by atoms with van der Waals surface area (Å²) in [6.45, 7) is 15.4. The van der Waals surface area contributed by atoms with Crippen molar-refractivity contribution in [3.63, 3.8) is 0 Å². The second kappa shape index (κ2) is 7.28. The summed E-state index contributed by atoms with van der Waals surface area (Å²) in [5.74, 6) is 13.1. The molecule has 1 aliphatic heterocycles. The van der Waals surface area contributed by atoms with E-state index in [4.69, 9.17) is 0 Å². The van der Waals surface area contributed by atoms with Crippen LogP contribution in [0.1, 0.15) is 276 Å². The quantitative estimate of drug-likeness (QED) is 0.137. The fourth-order valence-corrected chi connectivity index (χ4v) is 35.2. The summed E-state index contributed by atoms with van der Waals surface area (Å²) in [6, 6.07) is 5.99. The van der Waals surface area contributed by atoms with E-state index >= 15 is 0 Å². The maximum Gasteiger partial charge on any atom is 0.0645 e. The largest absolute Gasteiger partial charge is 0.112 e. The van der Waals surface area contributed by atoms with Crippen molar-refractivity contribution in [1.82, 2.24) is 0 Å². The molecule has 23 aliphatic rings. The molecule has 34 rings (SSSR count). The summed E-state index contributed by atoms with van der Waals surface area (Å²) in [4.78, 5) is 1.74. The standard InChI is InChI=1S/C74H40S/c1-71(2,3)9-7-11-12(8-10(9)72(4,5)6)75-74-69-63-57-47-35-27-19-15-13-14-17-21(19)29(35)39-33-25(17)26-18(14)22-20-16(13)24-23(15)31-37(27)45-51-41(31)42-32(24)38-28(20)36-30(22)40-34(26)44-43(33)55(49(39)57)65(69)66-56(44)50(40)58-48(36)54-46(38)52(42)60-59(51)67(61(63)53(45)47)73(11,74)68(60)62(54)64(58)70(66)74/h7-8,15,17,19,21,23,25,31,33,41-44,52,56,60,62,64,66,68,70H,1-6H3. The first-order valence-electron chi connectivity index (χ1n) is 30.8. The summed E-state index contributed by atoms with van der Waals surface area (Å²) >= 11 is 2.61. The van der Waals surface area contributed by atoms with Crippen LogP contribution in [0.15, 0.2) is 17.0 Å². The second-order valence-electron chi connectivity index (χ2n) is 33.5. The number of thioether (sulfide) groups is 1. The highest BCUT2D eigenvalue weighted by Gasteiger charge is 2.89. The van der Waals surface area contributed by atoms with Crippen LogP contribution in [0.4, 0.5) is 0 Å². The van der Waals surface area contributed by atoms with Crippen LogP contribution in [0.2, 0.25) is 0 Å². The number of rotatable bonds is 0. The van der Waals surface area contributed by atoms with Gasteiger partial charge >= 0.3 is 0 Å². The van der Waals surface area contributed by atoms with Crippen molar-refractivity contribution in [3.05, 3.63) is 140 Å². The number of hydrogen-bond acceptors (Lipinski definition) is 1. The highest BCUT2D eigenvalue weighted by atomic mass is 32.2. The van der Waals surface area contributed by atoms with E-state index in [1.165, 1.54) is 0 Å². The molecular weight excluding hydrogens is 921 g/mol. The monoisotopic (exact) mass is 960 g/mol. The van der Waals surface area contributed by atoms with Gasteiger partial charge in [-0.3, -0.25) is 0 Å². The lowest BCUT2D eigenvalue weighted by Crippen LogP contribution is -2.62. The molecule has 22 aliphatic carbocycles. The summed E-state index contributed by atoms with van der Waals surface area (Å²) in [7, 11) is 0. The van der Waals surface area contributed by atoms with Gasteiger partial charge in [0.25, 0.3) is 0 Å². The molecule has 11 aromatic carbocycles. The molecule has 1 fully saturated rings. The Morgan fingerprint density at radius 3 is 0.987 bits per heavy atom. The molecule has 22 atom stereocenters. The van der Waals surface area contributed by atoms with Crippen LogP contribution < -0.4 is 0 Å². The zero-order valence-corrected chi connectivity index (χ0v) is 42.9. The van der Waals surface area contributed by atoms with Gasteiger partial charge in [0.05, 0.1) is 4.75 Å². The molecule has 11 aromatic rings. The fraction of sp³-hybridized carbons (Fsp3) is 0.405. The van der Waals surface area contributed by atoms with Crippen LogP contribution >= 0.6 is 11.8 Å². The molecule has 0 aromatic heterocycles. The number of fused-ring (bicyclic) bond motifs is 1. The molecule has 2 spiro atoms. The van der Waals surface area contributed by atoms with Gasteiger partial charge in [0.15, 0.2) is 0 Å². The van der Waals surface area contributed by atoms with Crippen LogP contribution in [-0.4, -0.2) is 0 Å². The molecule has 1 saturated carbocycles. The van der Waals surface area contributed by atoms with Crippen LogP contribution in [0.3, 0.4) is 0 Å². The minimum atomic E-state index is -0.0169. The van der Waals surface area contributed by atoms with E-state index in [9.17, 15) is 0 Å². The topological polar surface area (TPSA) is 0 Å². The molecule has 0 N–H and O–H groups in total. The zero-order valence-electron chi connectivity index (χ0n) is 42.1. The first-order chi connectivity index (χ1) is 36.7. The lowest BCUT2D eigenvalue weighted by molar-refractivity contribution is 0.0341. The van der Waals surface area contributed by atoms with Crippen LogP contribution in [0.5, 0.6) is 0 Å². The van der Waals surface area contributed by atoms with Crippen molar-refractivity contribution in [2.45, 2.75) is 174 Å². The van der Waals surface area contributed by atoms with E-state index in [0.29, 0.717) is 118 Å². The average molecular weight is 961 g/mol. The first kappa shape index (κ1) is 31.8. The summed E-state index contributed by atoms with van der Waals surface area (Å²) in [6.07, 6.45) is 0. The van der Waals surface area contributed by atoms with Gasteiger partial charge < -0.3 is 0 Å². The van der Waals surface area contributed by atoms with Gasteiger partial charge in [-0.05, 0) is 361 Å². The van der Waals surface area contributed by atoms with Gasteiger partial charge in [-0.1, -0.05) is 47.6 Å².